The van der Waals surface area contributed by atoms with Crippen molar-refractivity contribution in [2.75, 3.05) is 26.2 Å². The molecule has 0 bridgehead atoms. The first kappa shape index (κ1) is 14.5. The summed E-state index contributed by atoms with van der Waals surface area (Å²) >= 11 is 0. The lowest BCUT2D eigenvalue weighted by atomic mass is 9.98. The Bertz CT molecular complexity index is 229. The van der Waals surface area contributed by atoms with Gasteiger partial charge < -0.3 is 11.1 Å². The Morgan fingerprint density at radius 2 is 2.18 bits per heavy atom. The van der Waals surface area contributed by atoms with Crippen molar-refractivity contribution in [1.82, 2.24) is 10.2 Å². The third-order valence-electron chi connectivity index (χ3n) is 3.65. The molecule has 1 heterocycles. The molecule has 3 N–H and O–H groups in total. The Morgan fingerprint density at radius 3 is 2.76 bits per heavy atom. The predicted molar refractivity (Wildman–Crippen MR) is 70.7 cm³/mol. The topological polar surface area (TPSA) is 58.4 Å². The summed E-state index contributed by atoms with van der Waals surface area (Å²) in [7, 11) is 0. The quantitative estimate of drug-likeness (QED) is 0.728. The molecule has 0 spiro atoms. The van der Waals surface area contributed by atoms with E-state index in [1.54, 1.807) is 0 Å². The summed E-state index contributed by atoms with van der Waals surface area (Å²) < 4.78 is 0. The fraction of sp³-hybridized carbons (Fsp3) is 0.923. The van der Waals surface area contributed by atoms with Gasteiger partial charge in [0, 0.05) is 12.6 Å². The van der Waals surface area contributed by atoms with Crippen LogP contribution in [0.25, 0.3) is 0 Å². The van der Waals surface area contributed by atoms with E-state index < -0.39 is 0 Å². The van der Waals surface area contributed by atoms with Crippen LogP contribution >= 0.6 is 0 Å². The highest BCUT2D eigenvalue weighted by molar-refractivity contribution is 5.78. The zero-order valence-electron chi connectivity index (χ0n) is 11.2. The average Bonchev–Trinajstić information content (AvgIpc) is 2.36. The molecule has 1 saturated heterocycles. The molecule has 0 aromatic rings. The van der Waals surface area contributed by atoms with E-state index in [1.807, 2.05) is 0 Å². The smallest absolute Gasteiger partial charge is 0.234 e. The number of piperidine rings is 1. The first-order chi connectivity index (χ1) is 8.19. The number of carbonyl (C=O) groups excluding carboxylic acids is 1. The van der Waals surface area contributed by atoms with Crippen LogP contribution < -0.4 is 11.1 Å². The molecular formula is C13H27N3O. The number of nitrogens with one attached hydrogen (secondary N) is 1. The first-order valence-electron chi connectivity index (χ1n) is 6.91. The molecule has 4 nitrogen and oxygen atoms in total. The molecule has 0 aromatic heterocycles. The normalized spacial score (nSPS) is 21.8. The van der Waals surface area contributed by atoms with Gasteiger partial charge in [-0.25, -0.2) is 0 Å². The van der Waals surface area contributed by atoms with E-state index in [0.717, 1.165) is 32.5 Å². The van der Waals surface area contributed by atoms with Crippen molar-refractivity contribution in [3.8, 4) is 0 Å². The standard InChI is InChI=1S/C13H27N3O/c1-3-12(4-2)15-13(17)10-16-7-5-6-11(8-14)9-16/h11-12H,3-10,14H2,1-2H3,(H,15,17). The van der Waals surface area contributed by atoms with Gasteiger partial charge in [0.15, 0.2) is 0 Å². The summed E-state index contributed by atoms with van der Waals surface area (Å²) in [6, 6.07) is 0.331. The van der Waals surface area contributed by atoms with Crippen LogP contribution in [-0.2, 0) is 4.79 Å². The molecule has 0 radical (unpaired) electrons. The Morgan fingerprint density at radius 1 is 1.47 bits per heavy atom. The van der Waals surface area contributed by atoms with E-state index in [0.29, 0.717) is 18.5 Å². The molecule has 1 atom stereocenters. The third-order valence-corrected chi connectivity index (χ3v) is 3.65. The number of hydrogen-bond acceptors (Lipinski definition) is 3. The van der Waals surface area contributed by atoms with E-state index in [9.17, 15) is 4.79 Å². The second-order valence-corrected chi connectivity index (χ2v) is 5.06. The minimum absolute atomic E-state index is 0.163. The monoisotopic (exact) mass is 241 g/mol. The maximum atomic E-state index is 11.9. The summed E-state index contributed by atoms with van der Waals surface area (Å²) in [4.78, 5) is 14.1. The van der Waals surface area contributed by atoms with Crippen LogP contribution in [0.1, 0.15) is 39.5 Å². The lowest BCUT2D eigenvalue weighted by Gasteiger charge is -2.31. The van der Waals surface area contributed by atoms with Crippen molar-refractivity contribution < 1.29 is 4.79 Å². The molecule has 1 rings (SSSR count). The Kier molecular flexibility index (Phi) is 6.52. The predicted octanol–water partition coefficient (Wildman–Crippen LogP) is 0.962. The lowest BCUT2D eigenvalue weighted by Crippen LogP contribution is -2.46. The maximum absolute atomic E-state index is 11.9. The van der Waals surface area contributed by atoms with Crippen LogP contribution in [0, 0.1) is 5.92 Å². The van der Waals surface area contributed by atoms with E-state index in [-0.39, 0.29) is 5.91 Å². The first-order valence-corrected chi connectivity index (χ1v) is 6.91. The number of hydrogen-bond donors (Lipinski definition) is 2. The Balaban J connectivity index is 2.30. The molecular weight excluding hydrogens is 214 g/mol. The Hall–Kier alpha value is -0.610. The molecule has 4 heteroatoms. The number of carbonyl (C=O) groups is 1. The van der Waals surface area contributed by atoms with Gasteiger partial charge in [-0.05, 0) is 44.7 Å². The van der Waals surface area contributed by atoms with Crippen LogP contribution in [0.3, 0.4) is 0 Å². The van der Waals surface area contributed by atoms with Crippen molar-refractivity contribution in [2.24, 2.45) is 11.7 Å². The zero-order chi connectivity index (χ0) is 12.7. The van der Waals surface area contributed by atoms with Gasteiger partial charge in [0.05, 0.1) is 6.54 Å². The van der Waals surface area contributed by atoms with Gasteiger partial charge in [-0.1, -0.05) is 13.8 Å². The van der Waals surface area contributed by atoms with Gasteiger partial charge in [0.1, 0.15) is 0 Å². The van der Waals surface area contributed by atoms with Crippen molar-refractivity contribution in [3.05, 3.63) is 0 Å². The highest BCUT2D eigenvalue weighted by Gasteiger charge is 2.20. The largest absolute Gasteiger partial charge is 0.352 e. The highest BCUT2D eigenvalue weighted by Crippen LogP contribution is 2.14. The molecule has 0 saturated carbocycles. The molecule has 1 aliphatic rings. The molecule has 1 amide bonds. The fourth-order valence-electron chi connectivity index (χ4n) is 2.46. The van der Waals surface area contributed by atoms with Gasteiger partial charge in [-0.3, -0.25) is 9.69 Å². The van der Waals surface area contributed by atoms with Gasteiger partial charge in [-0.2, -0.15) is 0 Å². The fourth-order valence-corrected chi connectivity index (χ4v) is 2.46. The number of nitrogens with zero attached hydrogens (tertiary/aromatic N) is 1. The minimum Gasteiger partial charge on any atom is -0.352 e. The summed E-state index contributed by atoms with van der Waals surface area (Å²) in [5.41, 5.74) is 5.69. The Labute approximate surface area is 105 Å². The SMILES string of the molecule is CCC(CC)NC(=O)CN1CCCC(CN)C1. The zero-order valence-corrected chi connectivity index (χ0v) is 11.2. The van der Waals surface area contributed by atoms with E-state index in [2.05, 4.69) is 24.1 Å². The minimum atomic E-state index is 0.163. The second-order valence-electron chi connectivity index (χ2n) is 5.06. The van der Waals surface area contributed by atoms with Gasteiger partial charge in [0.2, 0.25) is 5.91 Å². The number of likely N-dealkylation sites (tertiary alicyclic amines) is 1. The number of nitrogens with two attached hydrogens (primary N) is 1. The highest BCUT2D eigenvalue weighted by atomic mass is 16.2. The molecule has 1 aliphatic heterocycles. The summed E-state index contributed by atoms with van der Waals surface area (Å²) in [6.45, 7) is 7.51. The van der Waals surface area contributed by atoms with Crippen molar-refractivity contribution >= 4 is 5.91 Å². The second kappa shape index (κ2) is 7.67. The summed E-state index contributed by atoms with van der Waals surface area (Å²) in [5.74, 6) is 0.737. The van der Waals surface area contributed by atoms with Crippen LogP contribution in [-0.4, -0.2) is 43.0 Å². The number of rotatable bonds is 6. The van der Waals surface area contributed by atoms with Gasteiger partial charge in [0.25, 0.3) is 0 Å². The summed E-state index contributed by atoms with van der Waals surface area (Å²) in [5, 5.41) is 3.08. The summed E-state index contributed by atoms with van der Waals surface area (Å²) in [6.07, 6.45) is 4.39. The van der Waals surface area contributed by atoms with Crippen molar-refractivity contribution in [2.45, 2.75) is 45.6 Å². The van der Waals surface area contributed by atoms with E-state index in [1.165, 1.54) is 12.8 Å². The molecule has 1 unspecified atom stereocenters. The van der Waals surface area contributed by atoms with Crippen molar-refractivity contribution in [1.29, 1.82) is 0 Å². The lowest BCUT2D eigenvalue weighted by molar-refractivity contribution is -0.123. The van der Waals surface area contributed by atoms with Gasteiger partial charge in [-0.15, -0.1) is 0 Å². The molecule has 0 aromatic carbocycles. The molecule has 17 heavy (non-hydrogen) atoms. The van der Waals surface area contributed by atoms with Crippen LogP contribution in [0.4, 0.5) is 0 Å². The van der Waals surface area contributed by atoms with Gasteiger partial charge >= 0.3 is 0 Å². The van der Waals surface area contributed by atoms with Crippen LogP contribution in [0.15, 0.2) is 0 Å². The van der Waals surface area contributed by atoms with Crippen LogP contribution in [0.5, 0.6) is 0 Å². The average molecular weight is 241 g/mol. The maximum Gasteiger partial charge on any atom is 0.234 e. The molecule has 100 valence electrons. The van der Waals surface area contributed by atoms with Crippen LogP contribution in [0.2, 0.25) is 0 Å². The molecule has 0 aliphatic carbocycles. The number of amides is 1. The van der Waals surface area contributed by atoms with E-state index >= 15 is 0 Å². The third kappa shape index (κ3) is 5.04. The van der Waals surface area contributed by atoms with E-state index in [4.69, 9.17) is 5.73 Å². The van der Waals surface area contributed by atoms with Crippen molar-refractivity contribution in [3.63, 3.8) is 0 Å². The molecule has 1 fully saturated rings.